The number of guanidine groups is 1. The highest BCUT2D eigenvalue weighted by molar-refractivity contribution is 5.77. The van der Waals surface area contributed by atoms with Gasteiger partial charge in [-0.3, -0.25) is 9.91 Å². The van der Waals surface area contributed by atoms with Crippen LogP contribution in [0.5, 0.6) is 0 Å². The fraction of sp³-hybridized carbons (Fsp3) is 0.643. The third kappa shape index (κ3) is 5.04. The minimum Gasteiger partial charge on any atom is -0.369 e. The van der Waals surface area contributed by atoms with E-state index >= 15 is 0 Å². The van der Waals surface area contributed by atoms with Gasteiger partial charge in [0.15, 0.2) is 0 Å². The molecule has 4 N–H and O–H groups in total. The van der Waals surface area contributed by atoms with E-state index < -0.39 is 0 Å². The summed E-state index contributed by atoms with van der Waals surface area (Å²) in [6.07, 6.45) is 8.30. The van der Waals surface area contributed by atoms with Crippen molar-refractivity contribution in [3.63, 3.8) is 0 Å². The summed E-state index contributed by atoms with van der Waals surface area (Å²) in [4.78, 5) is 6.87. The van der Waals surface area contributed by atoms with Gasteiger partial charge < -0.3 is 5.73 Å². The maximum Gasteiger partial charge on any atom is 0.205 e. The Morgan fingerprint density at radius 3 is 2.16 bits per heavy atom. The minimum absolute atomic E-state index is 0.302. The van der Waals surface area contributed by atoms with Gasteiger partial charge in [-0.2, -0.15) is 0 Å². The Balaban J connectivity index is 2.49. The molecule has 5 heteroatoms. The Hall–Kier alpha value is -1.33. The van der Waals surface area contributed by atoms with Gasteiger partial charge in [0.2, 0.25) is 5.96 Å². The Kier molecular flexibility index (Phi) is 6.59. The highest BCUT2D eigenvalue weighted by Gasteiger charge is 2.24. The van der Waals surface area contributed by atoms with Crippen LogP contribution in [0.1, 0.15) is 25.7 Å². The van der Waals surface area contributed by atoms with Crippen LogP contribution >= 0.6 is 0 Å². The van der Waals surface area contributed by atoms with Crippen molar-refractivity contribution < 1.29 is 0 Å². The molecule has 108 valence electrons. The highest BCUT2D eigenvalue weighted by atomic mass is 15.4. The minimum atomic E-state index is 0.302. The smallest absolute Gasteiger partial charge is 0.205 e. The summed E-state index contributed by atoms with van der Waals surface area (Å²) >= 11 is 0. The van der Waals surface area contributed by atoms with Crippen molar-refractivity contribution in [3.05, 3.63) is 25.3 Å². The lowest BCUT2D eigenvalue weighted by atomic mass is 9.90. The van der Waals surface area contributed by atoms with Crippen molar-refractivity contribution >= 4 is 5.96 Å². The van der Waals surface area contributed by atoms with Crippen molar-refractivity contribution in [2.75, 3.05) is 20.1 Å². The zero-order chi connectivity index (χ0) is 14.3. The van der Waals surface area contributed by atoms with Crippen LogP contribution in [0.4, 0.5) is 0 Å². The standard InChI is InChI=1S/C14H27N5/c1-4-10-19(11-5-2)13-8-6-12(7-9-13)17-14(15)18(3)16/h4-5,12-13H,1-2,6-11,16H2,3H3,(H2,15,17). The molecule has 0 spiro atoms. The summed E-state index contributed by atoms with van der Waals surface area (Å²) in [6.45, 7) is 9.47. The molecule has 1 rings (SSSR count). The number of nitrogens with zero attached hydrogens (tertiary/aromatic N) is 3. The van der Waals surface area contributed by atoms with Gasteiger partial charge in [0, 0.05) is 26.2 Å². The van der Waals surface area contributed by atoms with E-state index in [1.807, 2.05) is 12.2 Å². The van der Waals surface area contributed by atoms with Crippen LogP contribution in [-0.4, -0.2) is 48.1 Å². The Bertz CT molecular complexity index is 306. The van der Waals surface area contributed by atoms with Gasteiger partial charge in [-0.25, -0.2) is 10.8 Å². The van der Waals surface area contributed by atoms with Gasteiger partial charge in [0.1, 0.15) is 0 Å². The van der Waals surface area contributed by atoms with E-state index in [2.05, 4.69) is 23.1 Å². The van der Waals surface area contributed by atoms with Crippen molar-refractivity contribution in [3.8, 4) is 0 Å². The van der Waals surface area contributed by atoms with Crippen LogP contribution in [-0.2, 0) is 0 Å². The van der Waals surface area contributed by atoms with Gasteiger partial charge in [0.25, 0.3) is 0 Å². The highest BCUT2D eigenvalue weighted by Crippen LogP contribution is 2.25. The van der Waals surface area contributed by atoms with Crippen molar-refractivity contribution in [2.45, 2.75) is 37.8 Å². The molecule has 19 heavy (non-hydrogen) atoms. The van der Waals surface area contributed by atoms with E-state index in [9.17, 15) is 0 Å². The molecule has 0 amide bonds. The quantitative estimate of drug-likeness (QED) is 0.248. The van der Waals surface area contributed by atoms with Crippen molar-refractivity contribution in [1.29, 1.82) is 0 Å². The van der Waals surface area contributed by atoms with Gasteiger partial charge in [-0.15, -0.1) is 13.2 Å². The third-order valence-corrected chi connectivity index (χ3v) is 3.59. The molecule has 0 saturated heterocycles. The summed E-state index contributed by atoms with van der Waals surface area (Å²) in [5, 5.41) is 1.37. The summed E-state index contributed by atoms with van der Waals surface area (Å²) in [5.74, 6) is 5.97. The summed E-state index contributed by atoms with van der Waals surface area (Å²) in [5.41, 5.74) is 5.75. The number of rotatable bonds is 6. The normalized spacial score (nSPS) is 24.3. The monoisotopic (exact) mass is 265 g/mol. The lowest BCUT2D eigenvalue weighted by Crippen LogP contribution is -2.42. The molecular formula is C14H27N5. The molecule has 0 aromatic rings. The molecule has 0 unspecified atom stereocenters. The number of hydrazine groups is 1. The maximum atomic E-state index is 5.75. The lowest BCUT2D eigenvalue weighted by Gasteiger charge is -2.35. The van der Waals surface area contributed by atoms with Gasteiger partial charge in [0.05, 0.1) is 6.04 Å². The predicted molar refractivity (Wildman–Crippen MR) is 81.6 cm³/mol. The molecule has 1 aliphatic rings. The molecule has 1 saturated carbocycles. The molecule has 1 fully saturated rings. The van der Waals surface area contributed by atoms with Gasteiger partial charge >= 0.3 is 0 Å². The van der Waals surface area contributed by atoms with Crippen molar-refractivity contribution in [1.82, 2.24) is 9.91 Å². The first kappa shape index (κ1) is 15.7. The number of nitrogens with two attached hydrogens (primary N) is 2. The maximum absolute atomic E-state index is 5.75. The zero-order valence-electron chi connectivity index (χ0n) is 12.0. The Morgan fingerprint density at radius 1 is 1.21 bits per heavy atom. The van der Waals surface area contributed by atoms with E-state index in [4.69, 9.17) is 11.6 Å². The molecule has 0 aromatic carbocycles. The first-order valence-electron chi connectivity index (χ1n) is 6.86. The second-order valence-electron chi connectivity index (χ2n) is 5.09. The fourth-order valence-electron chi connectivity index (χ4n) is 2.53. The van der Waals surface area contributed by atoms with E-state index in [1.54, 1.807) is 7.05 Å². The average Bonchev–Trinajstić information content (AvgIpc) is 2.39. The number of aliphatic imine (C=N–C) groups is 1. The molecule has 5 nitrogen and oxygen atoms in total. The Morgan fingerprint density at radius 2 is 1.74 bits per heavy atom. The van der Waals surface area contributed by atoms with E-state index in [0.29, 0.717) is 18.0 Å². The molecular weight excluding hydrogens is 238 g/mol. The molecule has 0 aliphatic heterocycles. The third-order valence-electron chi connectivity index (χ3n) is 3.59. The molecule has 1 aliphatic carbocycles. The topological polar surface area (TPSA) is 70.9 Å². The van der Waals surface area contributed by atoms with Crippen LogP contribution in [0, 0.1) is 0 Å². The number of hydrogen-bond acceptors (Lipinski definition) is 3. The average molecular weight is 265 g/mol. The van der Waals surface area contributed by atoms with E-state index in [0.717, 1.165) is 38.8 Å². The SMILES string of the molecule is C=CCN(CC=C)C1CCC(N=C(N)N(C)N)CC1. The molecule has 0 heterocycles. The number of hydrogen-bond donors (Lipinski definition) is 2. The van der Waals surface area contributed by atoms with E-state index in [-0.39, 0.29) is 0 Å². The van der Waals surface area contributed by atoms with Crippen LogP contribution in [0.25, 0.3) is 0 Å². The molecule has 0 aromatic heterocycles. The molecule has 0 radical (unpaired) electrons. The fourth-order valence-corrected chi connectivity index (χ4v) is 2.53. The second kappa shape index (κ2) is 7.96. The van der Waals surface area contributed by atoms with Crippen LogP contribution in [0.2, 0.25) is 0 Å². The van der Waals surface area contributed by atoms with E-state index in [1.165, 1.54) is 5.01 Å². The van der Waals surface area contributed by atoms with Gasteiger partial charge in [-0.1, -0.05) is 12.2 Å². The summed E-state index contributed by atoms with van der Waals surface area (Å²) in [6, 6.07) is 0.899. The van der Waals surface area contributed by atoms with Crippen LogP contribution in [0.3, 0.4) is 0 Å². The van der Waals surface area contributed by atoms with Crippen LogP contribution in [0.15, 0.2) is 30.3 Å². The largest absolute Gasteiger partial charge is 0.369 e. The predicted octanol–water partition coefficient (Wildman–Crippen LogP) is 1.09. The van der Waals surface area contributed by atoms with Crippen LogP contribution < -0.4 is 11.6 Å². The first-order chi connectivity index (χ1) is 9.08. The molecule has 0 atom stereocenters. The lowest BCUT2D eigenvalue weighted by molar-refractivity contribution is 0.181. The summed E-state index contributed by atoms with van der Waals surface area (Å²) in [7, 11) is 1.71. The van der Waals surface area contributed by atoms with Gasteiger partial charge in [-0.05, 0) is 25.7 Å². The molecule has 0 bridgehead atoms. The second-order valence-corrected chi connectivity index (χ2v) is 5.09. The Labute approximate surface area is 116 Å². The van der Waals surface area contributed by atoms with Crippen molar-refractivity contribution in [2.24, 2.45) is 16.6 Å². The summed E-state index contributed by atoms with van der Waals surface area (Å²) < 4.78 is 0. The zero-order valence-corrected chi connectivity index (χ0v) is 12.0. The first-order valence-corrected chi connectivity index (χ1v) is 6.86.